The quantitative estimate of drug-likeness (QED) is 0.424. The minimum Gasteiger partial charge on any atom is -0.496 e. The Morgan fingerprint density at radius 2 is 2.07 bits per heavy atom. The van der Waals surface area contributed by atoms with E-state index in [1.165, 1.54) is 16.4 Å². The molecular weight excluding hydrogens is 430 g/mol. The lowest BCUT2D eigenvalue weighted by atomic mass is 10.2. The van der Waals surface area contributed by atoms with E-state index in [1.807, 2.05) is 48.5 Å². The Bertz CT molecular complexity index is 947. The monoisotopic (exact) mass is 447 g/mol. The van der Waals surface area contributed by atoms with Crippen LogP contribution in [0.15, 0.2) is 58.2 Å². The molecule has 0 aliphatic rings. The number of hydrogen-bond acceptors (Lipinski definition) is 6. The number of nitrogens with zero attached hydrogens (tertiary/aromatic N) is 3. The topological polar surface area (TPSA) is 95.1 Å². The zero-order valence-corrected chi connectivity index (χ0v) is 17.0. The number of hydrogen-bond donors (Lipinski definition) is 2. The Kier molecular flexibility index (Phi) is 6.36. The highest BCUT2D eigenvalue weighted by molar-refractivity contribution is 9.10. The number of anilines is 1. The van der Waals surface area contributed by atoms with Crippen molar-refractivity contribution >= 4 is 39.3 Å². The number of nitrogen functional groups attached to an aromatic ring is 1. The average molecular weight is 448 g/mol. The number of halogens is 1. The maximum Gasteiger partial charge on any atom is 0.225 e. The number of methoxy groups -OCH3 is 1. The molecule has 0 radical (unpaired) electrons. The third kappa shape index (κ3) is 4.81. The van der Waals surface area contributed by atoms with Crippen molar-refractivity contribution in [1.29, 1.82) is 0 Å². The van der Waals surface area contributed by atoms with Gasteiger partial charge in [0.05, 0.1) is 12.7 Å². The Balaban J connectivity index is 1.59. The molecule has 0 saturated carbocycles. The van der Waals surface area contributed by atoms with Crippen molar-refractivity contribution < 1.29 is 9.53 Å². The first kappa shape index (κ1) is 19.2. The summed E-state index contributed by atoms with van der Waals surface area (Å²) >= 11 is 4.75. The van der Waals surface area contributed by atoms with Gasteiger partial charge in [-0.2, -0.15) is 0 Å². The van der Waals surface area contributed by atoms with Crippen LogP contribution in [0.25, 0.3) is 11.4 Å². The molecule has 2 aromatic carbocycles. The molecule has 3 rings (SSSR count). The number of para-hydroxylation sites is 1. The summed E-state index contributed by atoms with van der Waals surface area (Å²) in [7, 11) is 1.59. The van der Waals surface area contributed by atoms with Crippen molar-refractivity contribution in [2.24, 2.45) is 0 Å². The predicted octanol–water partition coefficient (Wildman–Crippen LogP) is 3.55. The normalized spacial score (nSPS) is 10.6. The number of amides is 1. The van der Waals surface area contributed by atoms with Gasteiger partial charge in [0.15, 0.2) is 5.82 Å². The molecule has 0 unspecified atom stereocenters. The second-order valence-corrected chi connectivity index (χ2v) is 7.51. The van der Waals surface area contributed by atoms with Gasteiger partial charge in [0.1, 0.15) is 5.75 Å². The first-order valence-corrected chi connectivity index (χ1v) is 9.88. The smallest absolute Gasteiger partial charge is 0.225 e. The lowest BCUT2D eigenvalue weighted by molar-refractivity contribution is -0.115. The maximum atomic E-state index is 12.1. The standard InChI is InChI=1S/C18H18BrN5O2S/c1-26-15-8-3-2-7-14(15)17-22-23-18(24(17)20)27-10-9-16(25)21-13-6-4-5-12(19)11-13/h2-8,11H,9-10,20H2,1H3,(H,21,25). The van der Waals surface area contributed by atoms with Crippen LogP contribution < -0.4 is 15.9 Å². The van der Waals surface area contributed by atoms with Crippen molar-refractivity contribution in [3.8, 4) is 17.1 Å². The molecule has 0 fully saturated rings. The van der Waals surface area contributed by atoms with E-state index in [1.54, 1.807) is 7.11 Å². The minimum atomic E-state index is -0.0753. The highest BCUT2D eigenvalue weighted by atomic mass is 79.9. The van der Waals surface area contributed by atoms with E-state index in [2.05, 4.69) is 31.4 Å². The third-order valence-electron chi connectivity index (χ3n) is 3.68. The first-order chi connectivity index (χ1) is 13.1. The highest BCUT2D eigenvalue weighted by Gasteiger charge is 2.16. The molecule has 140 valence electrons. The summed E-state index contributed by atoms with van der Waals surface area (Å²) in [5.74, 6) is 7.76. The Morgan fingerprint density at radius 3 is 2.85 bits per heavy atom. The molecule has 3 N–H and O–H groups in total. The summed E-state index contributed by atoms with van der Waals surface area (Å²) < 4.78 is 7.67. The number of benzene rings is 2. The fourth-order valence-corrected chi connectivity index (χ4v) is 3.61. The Morgan fingerprint density at radius 1 is 1.26 bits per heavy atom. The van der Waals surface area contributed by atoms with Crippen LogP contribution in [0, 0.1) is 0 Å². The summed E-state index contributed by atoms with van der Waals surface area (Å²) in [4.78, 5) is 12.1. The van der Waals surface area contributed by atoms with Crippen LogP contribution in [-0.2, 0) is 4.79 Å². The lowest BCUT2D eigenvalue weighted by Crippen LogP contribution is -2.14. The SMILES string of the molecule is COc1ccccc1-c1nnc(SCCC(=O)Nc2cccc(Br)c2)n1N. The van der Waals surface area contributed by atoms with Gasteiger partial charge < -0.3 is 15.9 Å². The molecular formula is C18H18BrN5O2S. The molecule has 0 saturated heterocycles. The number of nitrogens with one attached hydrogen (secondary N) is 1. The van der Waals surface area contributed by atoms with E-state index in [0.29, 0.717) is 28.9 Å². The van der Waals surface area contributed by atoms with E-state index in [-0.39, 0.29) is 5.91 Å². The molecule has 0 aliphatic carbocycles. The zero-order valence-electron chi connectivity index (χ0n) is 14.6. The van der Waals surface area contributed by atoms with E-state index < -0.39 is 0 Å². The van der Waals surface area contributed by atoms with Crippen LogP contribution in [0.3, 0.4) is 0 Å². The predicted molar refractivity (Wildman–Crippen MR) is 110 cm³/mol. The molecule has 1 aromatic heterocycles. The number of nitrogens with two attached hydrogens (primary N) is 1. The van der Waals surface area contributed by atoms with Crippen LogP contribution in [0.4, 0.5) is 5.69 Å². The van der Waals surface area contributed by atoms with Gasteiger partial charge in [0.2, 0.25) is 11.1 Å². The van der Waals surface area contributed by atoms with Crippen LogP contribution in [-0.4, -0.2) is 33.6 Å². The van der Waals surface area contributed by atoms with Gasteiger partial charge in [0, 0.05) is 22.3 Å². The van der Waals surface area contributed by atoms with Gasteiger partial charge in [0.25, 0.3) is 0 Å². The molecule has 3 aromatic rings. The third-order valence-corrected chi connectivity index (χ3v) is 5.12. The molecule has 1 heterocycles. The molecule has 1 amide bonds. The molecule has 7 nitrogen and oxygen atoms in total. The van der Waals surface area contributed by atoms with Crippen molar-refractivity contribution in [2.45, 2.75) is 11.6 Å². The van der Waals surface area contributed by atoms with E-state index >= 15 is 0 Å². The Labute approximate surface area is 169 Å². The average Bonchev–Trinajstić information content (AvgIpc) is 3.02. The first-order valence-electron chi connectivity index (χ1n) is 8.10. The minimum absolute atomic E-state index is 0.0753. The van der Waals surface area contributed by atoms with Gasteiger partial charge in [-0.25, -0.2) is 4.68 Å². The number of aromatic nitrogens is 3. The van der Waals surface area contributed by atoms with Gasteiger partial charge in [-0.1, -0.05) is 45.9 Å². The summed E-state index contributed by atoms with van der Waals surface area (Å²) in [5, 5.41) is 11.7. The molecule has 27 heavy (non-hydrogen) atoms. The van der Waals surface area contributed by atoms with Crippen molar-refractivity contribution in [3.63, 3.8) is 0 Å². The number of ether oxygens (including phenoxy) is 1. The summed E-state index contributed by atoms with van der Waals surface area (Å²) in [6.07, 6.45) is 0.327. The number of thioether (sulfide) groups is 1. The van der Waals surface area contributed by atoms with Crippen molar-refractivity contribution in [1.82, 2.24) is 14.9 Å². The highest BCUT2D eigenvalue weighted by Crippen LogP contribution is 2.29. The van der Waals surface area contributed by atoms with Crippen LogP contribution >= 0.6 is 27.7 Å². The second kappa shape index (κ2) is 8.92. The van der Waals surface area contributed by atoms with E-state index in [9.17, 15) is 4.79 Å². The zero-order chi connectivity index (χ0) is 19.2. The maximum absolute atomic E-state index is 12.1. The van der Waals surface area contributed by atoms with Gasteiger partial charge >= 0.3 is 0 Å². The van der Waals surface area contributed by atoms with Crippen LogP contribution in [0.5, 0.6) is 5.75 Å². The van der Waals surface area contributed by atoms with E-state index in [0.717, 1.165) is 15.7 Å². The van der Waals surface area contributed by atoms with Gasteiger partial charge in [-0.3, -0.25) is 4.79 Å². The van der Waals surface area contributed by atoms with Crippen molar-refractivity contribution in [3.05, 3.63) is 53.0 Å². The summed E-state index contributed by atoms with van der Waals surface area (Å²) in [6, 6.07) is 14.9. The molecule has 0 aliphatic heterocycles. The second-order valence-electron chi connectivity index (χ2n) is 5.53. The number of rotatable bonds is 7. The van der Waals surface area contributed by atoms with E-state index in [4.69, 9.17) is 10.6 Å². The van der Waals surface area contributed by atoms with Gasteiger partial charge in [-0.15, -0.1) is 10.2 Å². The van der Waals surface area contributed by atoms with Gasteiger partial charge in [-0.05, 0) is 30.3 Å². The van der Waals surface area contributed by atoms with Crippen LogP contribution in [0.1, 0.15) is 6.42 Å². The number of carbonyl (C=O) groups excluding carboxylic acids is 1. The summed E-state index contributed by atoms with van der Waals surface area (Å²) in [6.45, 7) is 0. The molecule has 0 bridgehead atoms. The lowest BCUT2D eigenvalue weighted by Gasteiger charge is -2.08. The fraction of sp³-hybridized carbons (Fsp3) is 0.167. The fourth-order valence-electron chi connectivity index (χ4n) is 2.41. The largest absolute Gasteiger partial charge is 0.496 e. The van der Waals surface area contributed by atoms with Crippen LogP contribution in [0.2, 0.25) is 0 Å². The summed E-state index contributed by atoms with van der Waals surface area (Å²) in [5.41, 5.74) is 1.51. The van der Waals surface area contributed by atoms with Crippen molar-refractivity contribution in [2.75, 3.05) is 24.0 Å². The molecule has 9 heteroatoms. The Hall–Kier alpha value is -2.52. The molecule has 0 atom stereocenters. The molecule has 0 spiro atoms. The number of carbonyl (C=O) groups is 1.